The second-order valence-corrected chi connectivity index (χ2v) is 2.64. The van der Waals surface area contributed by atoms with E-state index in [1.807, 2.05) is 0 Å². The van der Waals surface area contributed by atoms with Crippen LogP contribution >= 0.6 is 0 Å². The number of carbonyl (C=O) groups is 1. The van der Waals surface area contributed by atoms with Gasteiger partial charge in [0.1, 0.15) is 6.10 Å². The van der Waals surface area contributed by atoms with Gasteiger partial charge in [-0.1, -0.05) is 0 Å². The van der Waals surface area contributed by atoms with Crippen molar-refractivity contribution < 1.29 is 19.4 Å². The summed E-state index contributed by atoms with van der Waals surface area (Å²) < 4.78 is 9.98. The minimum absolute atomic E-state index is 0.0845. The minimum atomic E-state index is -0.960. The molecule has 2 fully saturated rings. The van der Waals surface area contributed by atoms with Crippen LogP contribution < -0.4 is 0 Å². The number of hydrogen-bond donors (Lipinski definition) is 1. The van der Waals surface area contributed by atoms with Gasteiger partial charge in [-0.2, -0.15) is 0 Å². The zero-order valence-electron chi connectivity index (χ0n) is 5.37. The molecule has 2 rings (SSSR count). The first-order chi connectivity index (χ1) is 4.76. The number of fused-ring (bicyclic) bond motifs is 1. The third-order valence-electron chi connectivity index (χ3n) is 2.02. The third-order valence-corrected chi connectivity index (χ3v) is 2.02. The standard InChI is InChI=1S/C6H8O4/c7-5(8)6-3-9-2-1-4(6)10-6/h4H,1-3H2,(H,7,8)/t4-,6-/m0/s1. The molecule has 0 unspecified atom stereocenters. The minimum Gasteiger partial charge on any atom is -0.479 e. The monoisotopic (exact) mass is 144 g/mol. The van der Waals surface area contributed by atoms with Crippen molar-refractivity contribution in [3.63, 3.8) is 0 Å². The summed E-state index contributed by atoms with van der Waals surface area (Å²) in [6.07, 6.45) is 0.630. The lowest BCUT2D eigenvalue weighted by Crippen LogP contribution is -2.36. The molecule has 0 amide bonds. The number of carboxylic acid groups (broad SMARTS) is 1. The second kappa shape index (κ2) is 1.71. The van der Waals surface area contributed by atoms with E-state index in [1.54, 1.807) is 0 Å². The average Bonchev–Trinajstić information content (AvgIpc) is 2.61. The fourth-order valence-electron chi connectivity index (χ4n) is 1.30. The summed E-state index contributed by atoms with van der Waals surface area (Å²) in [5.74, 6) is -0.891. The Bertz CT molecular complexity index is 179. The number of hydrogen-bond acceptors (Lipinski definition) is 3. The quantitative estimate of drug-likeness (QED) is 0.510. The van der Waals surface area contributed by atoms with Gasteiger partial charge in [-0.05, 0) is 0 Å². The molecule has 2 heterocycles. The van der Waals surface area contributed by atoms with Crippen LogP contribution in [0.5, 0.6) is 0 Å². The number of aliphatic carboxylic acids is 1. The zero-order chi connectivity index (χ0) is 7.19. The Labute approximate surface area is 57.7 Å². The van der Waals surface area contributed by atoms with Crippen molar-refractivity contribution in [2.45, 2.75) is 18.1 Å². The van der Waals surface area contributed by atoms with Gasteiger partial charge in [0.2, 0.25) is 5.60 Å². The van der Waals surface area contributed by atoms with E-state index in [0.717, 1.165) is 0 Å². The normalized spacial score (nSPS) is 44.2. The summed E-state index contributed by atoms with van der Waals surface area (Å²) in [5, 5.41) is 8.63. The maximum atomic E-state index is 10.5. The molecule has 4 heteroatoms. The number of rotatable bonds is 1. The summed E-state index contributed by atoms with van der Waals surface area (Å²) >= 11 is 0. The maximum Gasteiger partial charge on any atom is 0.341 e. The predicted octanol–water partition coefficient (Wildman–Crippen LogP) is -0.371. The Morgan fingerprint density at radius 2 is 2.50 bits per heavy atom. The van der Waals surface area contributed by atoms with Gasteiger partial charge in [0.15, 0.2) is 0 Å². The molecule has 0 spiro atoms. The molecule has 0 aromatic carbocycles. The maximum absolute atomic E-state index is 10.5. The topological polar surface area (TPSA) is 59.1 Å². The van der Waals surface area contributed by atoms with Crippen LogP contribution in [-0.2, 0) is 14.3 Å². The molecular formula is C6H8O4. The van der Waals surface area contributed by atoms with Crippen molar-refractivity contribution >= 4 is 5.97 Å². The van der Waals surface area contributed by atoms with Gasteiger partial charge >= 0.3 is 5.97 Å². The van der Waals surface area contributed by atoms with E-state index in [-0.39, 0.29) is 12.7 Å². The van der Waals surface area contributed by atoms with Crippen LogP contribution in [0.25, 0.3) is 0 Å². The van der Waals surface area contributed by atoms with Crippen LogP contribution in [-0.4, -0.2) is 36.0 Å². The molecule has 4 nitrogen and oxygen atoms in total. The molecule has 2 atom stereocenters. The molecule has 0 aliphatic carbocycles. The van der Waals surface area contributed by atoms with Gasteiger partial charge in [0.05, 0.1) is 6.61 Å². The number of carboxylic acids is 1. The molecule has 10 heavy (non-hydrogen) atoms. The molecule has 0 saturated carbocycles. The molecule has 0 aromatic rings. The average molecular weight is 144 g/mol. The molecule has 0 bridgehead atoms. The third kappa shape index (κ3) is 0.602. The smallest absolute Gasteiger partial charge is 0.341 e. The summed E-state index contributed by atoms with van der Waals surface area (Å²) in [5.41, 5.74) is -0.960. The van der Waals surface area contributed by atoms with E-state index in [4.69, 9.17) is 14.6 Å². The van der Waals surface area contributed by atoms with Crippen LogP contribution in [0.1, 0.15) is 6.42 Å². The molecule has 1 N–H and O–H groups in total. The van der Waals surface area contributed by atoms with Crippen molar-refractivity contribution in [1.82, 2.24) is 0 Å². The Kier molecular flexibility index (Phi) is 1.04. The Morgan fingerprint density at radius 3 is 3.00 bits per heavy atom. The molecule has 2 aliphatic rings. The second-order valence-electron chi connectivity index (χ2n) is 2.64. The van der Waals surface area contributed by atoms with E-state index < -0.39 is 11.6 Å². The first kappa shape index (κ1) is 6.12. The lowest BCUT2D eigenvalue weighted by Gasteiger charge is -2.12. The molecule has 0 radical (unpaired) electrons. The van der Waals surface area contributed by atoms with Gasteiger partial charge in [-0.25, -0.2) is 4.79 Å². The first-order valence-electron chi connectivity index (χ1n) is 3.25. The molecule has 2 saturated heterocycles. The fraction of sp³-hybridized carbons (Fsp3) is 0.833. The SMILES string of the molecule is O=C(O)[C@]12COCC[C@@H]1O2. The highest BCUT2D eigenvalue weighted by Crippen LogP contribution is 2.42. The fourth-order valence-corrected chi connectivity index (χ4v) is 1.30. The predicted molar refractivity (Wildman–Crippen MR) is 30.7 cm³/mol. The Balaban J connectivity index is 2.12. The van der Waals surface area contributed by atoms with Crippen molar-refractivity contribution in [3.05, 3.63) is 0 Å². The van der Waals surface area contributed by atoms with Crippen LogP contribution in [0, 0.1) is 0 Å². The number of ether oxygens (including phenoxy) is 2. The van der Waals surface area contributed by atoms with Crippen molar-refractivity contribution in [1.29, 1.82) is 0 Å². The Hall–Kier alpha value is -0.610. The van der Waals surface area contributed by atoms with Gasteiger partial charge < -0.3 is 14.6 Å². The summed E-state index contributed by atoms with van der Waals surface area (Å²) in [6, 6.07) is 0. The Morgan fingerprint density at radius 1 is 1.70 bits per heavy atom. The van der Waals surface area contributed by atoms with Crippen molar-refractivity contribution in [2.75, 3.05) is 13.2 Å². The van der Waals surface area contributed by atoms with Gasteiger partial charge in [0.25, 0.3) is 0 Å². The highest BCUT2D eigenvalue weighted by Gasteiger charge is 2.64. The highest BCUT2D eigenvalue weighted by molar-refractivity contribution is 5.81. The summed E-state index contributed by atoms with van der Waals surface area (Å²) in [7, 11) is 0. The van der Waals surface area contributed by atoms with Crippen LogP contribution in [0.2, 0.25) is 0 Å². The van der Waals surface area contributed by atoms with Crippen molar-refractivity contribution in [2.24, 2.45) is 0 Å². The molecule has 0 aromatic heterocycles. The summed E-state index contributed by atoms with van der Waals surface area (Å²) in [6.45, 7) is 0.840. The van der Waals surface area contributed by atoms with Gasteiger partial charge in [-0.3, -0.25) is 0 Å². The van der Waals surface area contributed by atoms with E-state index in [1.165, 1.54) is 0 Å². The zero-order valence-corrected chi connectivity index (χ0v) is 5.37. The van der Waals surface area contributed by atoms with Crippen molar-refractivity contribution in [3.8, 4) is 0 Å². The van der Waals surface area contributed by atoms with Crippen LogP contribution in [0.4, 0.5) is 0 Å². The largest absolute Gasteiger partial charge is 0.479 e. The van der Waals surface area contributed by atoms with E-state index in [2.05, 4.69) is 0 Å². The molecular weight excluding hydrogens is 136 g/mol. The van der Waals surface area contributed by atoms with Gasteiger partial charge in [0, 0.05) is 13.0 Å². The van der Waals surface area contributed by atoms with E-state index >= 15 is 0 Å². The lowest BCUT2D eigenvalue weighted by atomic mass is 10.0. The number of epoxide rings is 1. The van der Waals surface area contributed by atoms with Gasteiger partial charge in [-0.15, -0.1) is 0 Å². The summed E-state index contributed by atoms with van der Waals surface area (Å²) in [4.78, 5) is 10.5. The highest BCUT2D eigenvalue weighted by atomic mass is 16.7. The lowest BCUT2D eigenvalue weighted by molar-refractivity contribution is -0.146. The van der Waals surface area contributed by atoms with E-state index in [9.17, 15) is 4.79 Å². The molecule has 2 aliphatic heterocycles. The van der Waals surface area contributed by atoms with Crippen LogP contribution in [0.3, 0.4) is 0 Å². The van der Waals surface area contributed by atoms with Crippen LogP contribution in [0.15, 0.2) is 0 Å². The van der Waals surface area contributed by atoms with E-state index in [0.29, 0.717) is 13.0 Å². The molecule has 56 valence electrons. The first-order valence-corrected chi connectivity index (χ1v) is 3.25.